The van der Waals surface area contributed by atoms with E-state index in [1.54, 1.807) is 22.9 Å². The number of carbonyl (C=O) groups excluding carboxylic acids is 1. The Labute approximate surface area is 128 Å². The smallest absolute Gasteiger partial charge is 0.323 e. The Morgan fingerprint density at radius 1 is 1.32 bits per heavy atom. The molecule has 6 nitrogen and oxygen atoms in total. The van der Waals surface area contributed by atoms with Crippen LogP contribution in [0.4, 0.5) is 5.69 Å². The maximum Gasteiger partial charge on any atom is 0.323 e. The minimum absolute atomic E-state index is 0.0397. The maximum absolute atomic E-state index is 11.7. The van der Waals surface area contributed by atoms with E-state index in [0.717, 1.165) is 23.7 Å². The van der Waals surface area contributed by atoms with Crippen molar-refractivity contribution >= 4 is 28.5 Å². The average Bonchev–Trinajstić information content (AvgIpc) is 2.85. The number of aromatic nitrogens is 1. The van der Waals surface area contributed by atoms with Gasteiger partial charge in [0.1, 0.15) is 13.2 Å². The lowest BCUT2D eigenvalue weighted by atomic mass is 10.2. The number of anilines is 1. The van der Waals surface area contributed by atoms with Gasteiger partial charge in [0.25, 0.3) is 0 Å². The number of nitrogens with zero attached hydrogens (tertiary/aromatic N) is 1. The monoisotopic (exact) mass is 304 g/mol. The molecular weight excluding hydrogens is 284 g/mol. The second kappa shape index (κ2) is 7.61. The van der Waals surface area contributed by atoms with Crippen LogP contribution in [0.3, 0.4) is 0 Å². The third-order valence-corrected chi connectivity index (χ3v) is 3.24. The number of hydrogen-bond donors (Lipinski definition) is 2. The Balaban J connectivity index is 1.98. The predicted octanol–water partition coefficient (Wildman–Crippen LogP) is 2.48. The second-order valence-corrected chi connectivity index (χ2v) is 5.07. The van der Waals surface area contributed by atoms with Crippen LogP contribution in [0.5, 0.6) is 0 Å². The molecule has 118 valence electrons. The van der Waals surface area contributed by atoms with Crippen LogP contribution in [-0.2, 0) is 20.9 Å². The molecule has 1 heterocycles. The van der Waals surface area contributed by atoms with E-state index < -0.39 is 5.97 Å². The van der Waals surface area contributed by atoms with Crippen molar-refractivity contribution in [2.24, 2.45) is 0 Å². The number of nitrogens with one attached hydrogen (secondary N) is 1. The summed E-state index contributed by atoms with van der Waals surface area (Å²) < 4.78 is 6.91. The van der Waals surface area contributed by atoms with Gasteiger partial charge in [0.05, 0.1) is 0 Å². The van der Waals surface area contributed by atoms with Gasteiger partial charge in [-0.05, 0) is 30.7 Å². The fraction of sp³-hybridized carbons (Fsp3) is 0.375. The molecule has 2 aromatic rings. The first-order valence-electron chi connectivity index (χ1n) is 7.28. The van der Waals surface area contributed by atoms with Crippen LogP contribution in [0.15, 0.2) is 30.5 Å². The molecule has 0 aliphatic rings. The van der Waals surface area contributed by atoms with Crippen molar-refractivity contribution in [3.8, 4) is 0 Å². The molecule has 22 heavy (non-hydrogen) atoms. The lowest BCUT2D eigenvalue weighted by Gasteiger charge is -2.07. The minimum atomic E-state index is -0.890. The van der Waals surface area contributed by atoms with Gasteiger partial charge in [0, 0.05) is 29.4 Å². The highest BCUT2D eigenvalue weighted by Crippen LogP contribution is 2.20. The van der Waals surface area contributed by atoms with Gasteiger partial charge in [-0.2, -0.15) is 0 Å². The van der Waals surface area contributed by atoms with Crippen LogP contribution in [0.1, 0.15) is 19.8 Å². The fourth-order valence-corrected chi connectivity index (χ4v) is 2.17. The van der Waals surface area contributed by atoms with Gasteiger partial charge in [-0.25, -0.2) is 0 Å². The van der Waals surface area contributed by atoms with Gasteiger partial charge < -0.3 is 19.7 Å². The predicted molar refractivity (Wildman–Crippen MR) is 83.9 cm³/mol. The molecule has 0 spiro atoms. The molecule has 0 saturated heterocycles. The summed E-state index contributed by atoms with van der Waals surface area (Å²) in [5, 5.41) is 12.5. The first kappa shape index (κ1) is 16.0. The van der Waals surface area contributed by atoms with E-state index in [0.29, 0.717) is 12.3 Å². The molecule has 2 rings (SSSR count). The number of fused-ring (bicyclic) bond motifs is 1. The van der Waals surface area contributed by atoms with Gasteiger partial charge >= 0.3 is 5.97 Å². The number of carbonyl (C=O) groups is 2. The van der Waals surface area contributed by atoms with Crippen molar-refractivity contribution in [2.45, 2.75) is 26.3 Å². The lowest BCUT2D eigenvalue weighted by Crippen LogP contribution is -2.18. The van der Waals surface area contributed by atoms with Gasteiger partial charge in [0.15, 0.2) is 0 Å². The first-order valence-corrected chi connectivity index (χ1v) is 7.28. The number of rotatable bonds is 8. The van der Waals surface area contributed by atoms with Crippen LogP contribution in [-0.4, -0.2) is 34.8 Å². The summed E-state index contributed by atoms with van der Waals surface area (Å²) in [6.07, 6.45) is 3.69. The second-order valence-electron chi connectivity index (χ2n) is 5.07. The zero-order valence-corrected chi connectivity index (χ0v) is 12.5. The Bertz CT molecular complexity index is 663. The summed E-state index contributed by atoms with van der Waals surface area (Å²) in [4.78, 5) is 22.5. The zero-order chi connectivity index (χ0) is 15.9. The molecule has 0 fully saturated rings. The largest absolute Gasteiger partial charge is 0.480 e. The molecular formula is C16H20N2O4. The Morgan fingerprint density at radius 2 is 2.14 bits per heavy atom. The number of unbranched alkanes of at least 4 members (excludes halogenated alkanes) is 1. The van der Waals surface area contributed by atoms with E-state index >= 15 is 0 Å². The standard InChI is InChI=1S/C16H20N2O4/c1-2-3-8-22-11-15(19)17-13-4-5-14-12(9-13)6-7-18(14)10-16(20)21/h4-7,9H,2-3,8,10-11H2,1H3,(H,17,19)(H,20,21). The number of carboxylic acids is 1. The van der Waals surface area contributed by atoms with Crippen molar-refractivity contribution in [2.75, 3.05) is 18.5 Å². The Morgan fingerprint density at radius 3 is 2.86 bits per heavy atom. The van der Waals surface area contributed by atoms with Gasteiger partial charge in [-0.3, -0.25) is 9.59 Å². The molecule has 0 radical (unpaired) electrons. The maximum atomic E-state index is 11.7. The summed E-state index contributed by atoms with van der Waals surface area (Å²) in [5.41, 5.74) is 1.49. The summed E-state index contributed by atoms with van der Waals surface area (Å²) in [5.74, 6) is -1.08. The number of amides is 1. The molecule has 0 atom stereocenters. The van der Waals surface area contributed by atoms with Gasteiger partial charge in [-0.1, -0.05) is 13.3 Å². The molecule has 1 aromatic heterocycles. The normalized spacial score (nSPS) is 10.8. The van der Waals surface area contributed by atoms with Crippen molar-refractivity contribution in [3.63, 3.8) is 0 Å². The summed E-state index contributed by atoms with van der Waals surface area (Å²) >= 11 is 0. The van der Waals surface area contributed by atoms with E-state index in [9.17, 15) is 9.59 Å². The van der Waals surface area contributed by atoms with Gasteiger partial charge in [-0.15, -0.1) is 0 Å². The highest BCUT2D eigenvalue weighted by atomic mass is 16.5. The molecule has 0 aliphatic heterocycles. The number of hydrogen-bond acceptors (Lipinski definition) is 3. The van der Waals surface area contributed by atoms with Crippen LogP contribution in [0, 0.1) is 0 Å². The molecule has 2 N–H and O–H groups in total. The quantitative estimate of drug-likeness (QED) is 0.734. The summed E-state index contributed by atoms with van der Waals surface area (Å²) in [6, 6.07) is 7.19. The van der Waals surface area contributed by atoms with E-state index in [2.05, 4.69) is 12.2 Å². The molecule has 6 heteroatoms. The van der Waals surface area contributed by atoms with Gasteiger partial charge in [0.2, 0.25) is 5.91 Å². The SMILES string of the molecule is CCCCOCC(=O)Nc1ccc2c(ccn2CC(=O)O)c1. The number of aliphatic carboxylic acids is 1. The van der Waals surface area contributed by atoms with E-state index in [1.807, 2.05) is 12.1 Å². The highest BCUT2D eigenvalue weighted by molar-refractivity contribution is 5.94. The van der Waals surface area contributed by atoms with Crippen LogP contribution < -0.4 is 5.32 Å². The third-order valence-electron chi connectivity index (χ3n) is 3.24. The first-order chi connectivity index (χ1) is 10.6. The zero-order valence-electron chi connectivity index (χ0n) is 12.5. The fourth-order valence-electron chi connectivity index (χ4n) is 2.17. The third kappa shape index (κ3) is 4.33. The van der Waals surface area contributed by atoms with E-state index in [4.69, 9.17) is 9.84 Å². The number of carboxylic acid groups (broad SMARTS) is 1. The van der Waals surface area contributed by atoms with Crippen LogP contribution in [0.2, 0.25) is 0 Å². The molecule has 1 amide bonds. The van der Waals surface area contributed by atoms with Crippen molar-refractivity contribution in [1.29, 1.82) is 0 Å². The van der Waals surface area contributed by atoms with Crippen molar-refractivity contribution in [1.82, 2.24) is 4.57 Å². The van der Waals surface area contributed by atoms with Crippen molar-refractivity contribution in [3.05, 3.63) is 30.5 Å². The molecule has 1 aromatic carbocycles. The summed E-state index contributed by atoms with van der Waals surface area (Å²) in [7, 11) is 0. The topological polar surface area (TPSA) is 80.6 Å². The number of benzene rings is 1. The molecule has 0 unspecified atom stereocenters. The van der Waals surface area contributed by atoms with Crippen LogP contribution >= 0.6 is 0 Å². The highest BCUT2D eigenvalue weighted by Gasteiger charge is 2.07. The summed E-state index contributed by atoms with van der Waals surface area (Å²) in [6.45, 7) is 2.61. The van der Waals surface area contributed by atoms with E-state index in [-0.39, 0.29) is 19.1 Å². The molecule has 0 aliphatic carbocycles. The van der Waals surface area contributed by atoms with Crippen LogP contribution in [0.25, 0.3) is 10.9 Å². The molecule has 0 bridgehead atoms. The van der Waals surface area contributed by atoms with E-state index in [1.165, 1.54) is 0 Å². The van der Waals surface area contributed by atoms with Crippen molar-refractivity contribution < 1.29 is 19.4 Å². The Kier molecular flexibility index (Phi) is 5.55. The molecule has 0 saturated carbocycles. The lowest BCUT2D eigenvalue weighted by molar-refractivity contribution is -0.137. The Hall–Kier alpha value is -2.34. The minimum Gasteiger partial charge on any atom is -0.480 e. The average molecular weight is 304 g/mol. The number of ether oxygens (including phenoxy) is 1.